The summed E-state index contributed by atoms with van der Waals surface area (Å²) in [5.41, 5.74) is 1.65. The van der Waals surface area contributed by atoms with E-state index in [4.69, 9.17) is 0 Å². The molecule has 0 saturated carbocycles. The van der Waals surface area contributed by atoms with Crippen molar-refractivity contribution >= 4 is 18.3 Å². The first-order valence-corrected chi connectivity index (χ1v) is 7.53. The molecule has 3 rings (SSSR count). The van der Waals surface area contributed by atoms with Gasteiger partial charge >= 0.3 is 0 Å². The van der Waals surface area contributed by atoms with E-state index in [1.807, 2.05) is 18.2 Å². The van der Waals surface area contributed by atoms with Crippen LogP contribution in [-0.2, 0) is 0 Å². The van der Waals surface area contributed by atoms with E-state index in [0.717, 1.165) is 31.5 Å². The van der Waals surface area contributed by atoms with Crippen LogP contribution in [0.15, 0.2) is 24.3 Å². The van der Waals surface area contributed by atoms with Gasteiger partial charge in [-0.3, -0.25) is 4.79 Å². The SMILES string of the molecule is Cl.O=C(c1cccc(C2CCCNC2)c1)N1CCC(F)(F)C1. The molecule has 2 heterocycles. The Bertz CT molecular complexity index is 533. The van der Waals surface area contributed by atoms with E-state index in [1.54, 1.807) is 6.07 Å². The lowest BCUT2D eigenvalue weighted by Gasteiger charge is -2.24. The molecule has 0 bridgehead atoms. The van der Waals surface area contributed by atoms with E-state index < -0.39 is 12.5 Å². The Labute approximate surface area is 135 Å². The van der Waals surface area contributed by atoms with Crippen molar-refractivity contribution in [1.29, 1.82) is 0 Å². The lowest BCUT2D eigenvalue weighted by atomic mass is 9.90. The number of nitrogens with one attached hydrogen (secondary N) is 1. The quantitative estimate of drug-likeness (QED) is 0.904. The molecule has 0 aromatic heterocycles. The van der Waals surface area contributed by atoms with Crippen molar-refractivity contribution in [2.24, 2.45) is 0 Å². The molecule has 1 amide bonds. The van der Waals surface area contributed by atoms with E-state index in [-0.39, 0.29) is 31.3 Å². The van der Waals surface area contributed by atoms with Gasteiger partial charge in [-0.1, -0.05) is 12.1 Å². The van der Waals surface area contributed by atoms with Crippen molar-refractivity contribution < 1.29 is 13.6 Å². The second-order valence-corrected chi connectivity index (χ2v) is 6.00. The van der Waals surface area contributed by atoms with Crippen LogP contribution >= 0.6 is 12.4 Å². The molecule has 1 N–H and O–H groups in total. The van der Waals surface area contributed by atoms with Crippen LogP contribution in [0.4, 0.5) is 8.78 Å². The number of alkyl halides is 2. The normalized spacial score (nSPS) is 23.9. The molecular formula is C16H21ClF2N2O. The summed E-state index contributed by atoms with van der Waals surface area (Å²) in [4.78, 5) is 13.6. The van der Waals surface area contributed by atoms with Crippen molar-refractivity contribution in [2.45, 2.75) is 31.1 Å². The Morgan fingerprint density at radius 3 is 2.82 bits per heavy atom. The number of rotatable bonds is 2. The fourth-order valence-corrected chi connectivity index (χ4v) is 3.15. The third kappa shape index (κ3) is 3.76. The first-order valence-electron chi connectivity index (χ1n) is 7.53. The highest BCUT2D eigenvalue weighted by Gasteiger charge is 2.40. The van der Waals surface area contributed by atoms with Crippen LogP contribution in [0.5, 0.6) is 0 Å². The number of halogens is 3. The molecular weight excluding hydrogens is 310 g/mol. The van der Waals surface area contributed by atoms with Gasteiger partial charge in [-0.15, -0.1) is 12.4 Å². The average molecular weight is 331 g/mol. The summed E-state index contributed by atoms with van der Waals surface area (Å²) in [7, 11) is 0. The molecule has 1 unspecified atom stereocenters. The number of likely N-dealkylation sites (tertiary alicyclic amines) is 1. The number of hydrogen-bond acceptors (Lipinski definition) is 2. The van der Waals surface area contributed by atoms with Crippen LogP contribution in [0, 0.1) is 0 Å². The first-order chi connectivity index (χ1) is 10.1. The highest BCUT2D eigenvalue weighted by molar-refractivity contribution is 5.94. The second-order valence-electron chi connectivity index (χ2n) is 6.00. The lowest BCUT2D eigenvalue weighted by molar-refractivity contribution is 0.0120. The summed E-state index contributed by atoms with van der Waals surface area (Å²) in [6, 6.07) is 7.47. The minimum Gasteiger partial charge on any atom is -0.332 e. The molecule has 6 heteroatoms. The zero-order valence-electron chi connectivity index (χ0n) is 12.4. The average Bonchev–Trinajstić information content (AvgIpc) is 2.88. The largest absolute Gasteiger partial charge is 0.332 e. The smallest absolute Gasteiger partial charge is 0.267 e. The van der Waals surface area contributed by atoms with Crippen LogP contribution in [0.25, 0.3) is 0 Å². The van der Waals surface area contributed by atoms with Gasteiger partial charge in [0.2, 0.25) is 0 Å². The van der Waals surface area contributed by atoms with Gasteiger partial charge in [0.05, 0.1) is 6.54 Å². The molecule has 2 fully saturated rings. The number of benzene rings is 1. The molecule has 22 heavy (non-hydrogen) atoms. The molecule has 122 valence electrons. The predicted octanol–water partition coefficient (Wildman–Crippen LogP) is 3.06. The van der Waals surface area contributed by atoms with Gasteiger partial charge in [0.15, 0.2) is 0 Å². The van der Waals surface area contributed by atoms with E-state index >= 15 is 0 Å². The Hall–Kier alpha value is -1.20. The number of amides is 1. The summed E-state index contributed by atoms with van der Waals surface area (Å²) in [5.74, 6) is -2.61. The number of nitrogens with zero attached hydrogens (tertiary/aromatic N) is 1. The van der Waals surface area contributed by atoms with Crippen LogP contribution in [0.2, 0.25) is 0 Å². The van der Waals surface area contributed by atoms with E-state index in [2.05, 4.69) is 5.32 Å². The molecule has 2 aliphatic heterocycles. The summed E-state index contributed by atoms with van der Waals surface area (Å²) in [6.07, 6.45) is 2.00. The third-order valence-corrected chi connectivity index (χ3v) is 4.36. The summed E-state index contributed by atoms with van der Waals surface area (Å²) in [5, 5.41) is 3.35. The Balaban J connectivity index is 0.00000176. The molecule has 0 radical (unpaired) electrons. The molecule has 1 aromatic rings. The van der Waals surface area contributed by atoms with E-state index in [1.165, 1.54) is 4.90 Å². The Morgan fingerprint density at radius 1 is 1.36 bits per heavy atom. The van der Waals surface area contributed by atoms with Crippen LogP contribution in [0.3, 0.4) is 0 Å². The molecule has 3 nitrogen and oxygen atoms in total. The van der Waals surface area contributed by atoms with Gasteiger partial charge in [0, 0.05) is 25.1 Å². The predicted molar refractivity (Wildman–Crippen MR) is 84.0 cm³/mol. The fraction of sp³-hybridized carbons (Fsp3) is 0.562. The Kier molecular flexibility index (Phi) is 5.40. The van der Waals surface area contributed by atoms with Gasteiger partial charge in [-0.25, -0.2) is 8.78 Å². The maximum atomic E-state index is 13.2. The minimum absolute atomic E-state index is 0. The number of hydrogen-bond donors (Lipinski definition) is 1. The molecule has 2 aliphatic rings. The number of carbonyl (C=O) groups excluding carboxylic acids is 1. The van der Waals surface area contributed by atoms with Crippen LogP contribution in [0.1, 0.15) is 41.1 Å². The monoisotopic (exact) mass is 330 g/mol. The summed E-state index contributed by atoms with van der Waals surface area (Å²) < 4.78 is 26.5. The van der Waals surface area contributed by atoms with Crippen molar-refractivity contribution in [2.75, 3.05) is 26.2 Å². The van der Waals surface area contributed by atoms with Crippen molar-refractivity contribution in [3.05, 3.63) is 35.4 Å². The molecule has 1 atom stereocenters. The zero-order chi connectivity index (χ0) is 14.9. The van der Waals surface area contributed by atoms with Gasteiger partial charge < -0.3 is 10.2 Å². The number of carbonyl (C=O) groups is 1. The standard InChI is InChI=1S/C16H20F2N2O.ClH/c17-16(18)6-8-20(11-16)15(21)13-4-1-3-12(9-13)14-5-2-7-19-10-14;/h1,3-4,9,14,19H,2,5-8,10-11H2;1H. The molecule has 2 saturated heterocycles. The van der Waals surface area contributed by atoms with Crippen LogP contribution in [-0.4, -0.2) is 42.9 Å². The van der Waals surface area contributed by atoms with E-state index in [0.29, 0.717) is 11.5 Å². The van der Waals surface area contributed by atoms with Gasteiger partial charge in [-0.2, -0.15) is 0 Å². The fourth-order valence-electron chi connectivity index (χ4n) is 3.15. The maximum Gasteiger partial charge on any atom is 0.267 e. The minimum atomic E-state index is -2.74. The topological polar surface area (TPSA) is 32.3 Å². The van der Waals surface area contributed by atoms with Crippen LogP contribution < -0.4 is 5.32 Å². The van der Waals surface area contributed by atoms with Crippen molar-refractivity contribution in [3.8, 4) is 0 Å². The zero-order valence-corrected chi connectivity index (χ0v) is 13.2. The van der Waals surface area contributed by atoms with Crippen molar-refractivity contribution in [3.63, 3.8) is 0 Å². The summed E-state index contributed by atoms with van der Waals surface area (Å²) in [6.45, 7) is 1.64. The van der Waals surface area contributed by atoms with Gasteiger partial charge in [-0.05, 0) is 43.0 Å². The van der Waals surface area contributed by atoms with Crippen molar-refractivity contribution in [1.82, 2.24) is 10.2 Å². The highest BCUT2D eigenvalue weighted by atomic mass is 35.5. The Morgan fingerprint density at radius 2 is 2.18 bits per heavy atom. The summed E-state index contributed by atoms with van der Waals surface area (Å²) >= 11 is 0. The molecule has 0 aliphatic carbocycles. The van der Waals surface area contributed by atoms with Gasteiger partial charge in [0.1, 0.15) is 0 Å². The maximum absolute atomic E-state index is 13.2. The first kappa shape index (κ1) is 17.2. The molecule has 1 aromatic carbocycles. The lowest BCUT2D eigenvalue weighted by Crippen LogP contribution is -2.32. The third-order valence-electron chi connectivity index (χ3n) is 4.36. The van der Waals surface area contributed by atoms with E-state index in [9.17, 15) is 13.6 Å². The highest BCUT2D eigenvalue weighted by Crippen LogP contribution is 2.29. The number of piperidine rings is 1. The molecule has 0 spiro atoms. The van der Waals surface area contributed by atoms with Gasteiger partial charge in [0.25, 0.3) is 11.8 Å². The second kappa shape index (κ2) is 6.92.